The number of rotatable bonds is 9. The Morgan fingerprint density at radius 1 is 1.43 bits per heavy atom. The average molecular weight is 298 g/mol. The number of benzene rings is 1. The van der Waals surface area contributed by atoms with Gasteiger partial charge in [0.05, 0.1) is 0 Å². The van der Waals surface area contributed by atoms with Gasteiger partial charge >= 0.3 is 0 Å². The molecule has 1 atom stereocenters. The summed E-state index contributed by atoms with van der Waals surface area (Å²) in [6.07, 6.45) is 0.599. The van der Waals surface area contributed by atoms with Crippen molar-refractivity contribution in [1.29, 1.82) is 0 Å². The molecule has 0 saturated heterocycles. The molecule has 0 aliphatic carbocycles. The normalized spacial score (nSPS) is 12.0. The molecule has 0 fully saturated rings. The Hall–Kier alpha value is -1.66. The van der Waals surface area contributed by atoms with E-state index in [9.17, 15) is 9.18 Å². The molecule has 1 amide bonds. The van der Waals surface area contributed by atoms with E-state index in [1.165, 1.54) is 12.1 Å². The highest BCUT2D eigenvalue weighted by molar-refractivity contribution is 5.80. The van der Waals surface area contributed by atoms with E-state index in [4.69, 9.17) is 15.2 Å². The molecular weight excluding hydrogens is 275 g/mol. The quantitative estimate of drug-likeness (QED) is 0.673. The standard InChI is InChI=1S/C15H23FN2O3/c1-11(15(19)18-6-3-7-20-2)21-14-9-12(4-5-17)8-13(16)10-14/h8-11H,3-7,17H2,1-2H3,(H,18,19). The number of nitrogens with one attached hydrogen (secondary N) is 1. The molecule has 21 heavy (non-hydrogen) atoms. The maximum Gasteiger partial charge on any atom is 0.260 e. The highest BCUT2D eigenvalue weighted by atomic mass is 19.1. The van der Waals surface area contributed by atoms with Crippen LogP contribution in [-0.2, 0) is 16.0 Å². The number of ether oxygens (including phenoxy) is 2. The van der Waals surface area contributed by atoms with Crippen molar-refractivity contribution in [1.82, 2.24) is 5.32 Å². The molecule has 0 aromatic heterocycles. The van der Waals surface area contributed by atoms with E-state index < -0.39 is 11.9 Å². The topological polar surface area (TPSA) is 73.6 Å². The Balaban J connectivity index is 2.53. The van der Waals surface area contributed by atoms with Gasteiger partial charge in [-0.2, -0.15) is 0 Å². The summed E-state index contributed by atoms with van der Waals surface area (Å²) >= 11 is 0. The second kappa shape index (κ2) is 9.31. The summed E-state index contributed by atoms with van der Waals surface area (Å²) in [5.41, 5.74) is 6.20. The van der Waals surface area contributed by atoms with Gasteiger partial charge in [-0.3, -0.25) is 4.79 Å². The van der Waals surface area contributed by atoms with Crippen LogP contribution in [0.3, 0.4) is 0 Å². The Morgan fingerprint density at radius 3 is 2.86 bits per heavy atom. The molecule has 5 nitrogen and oxygen atoms in total. The molecule has 1 unspecified atom stereocenters. The second-order valence-corrected chi connectivity index (χ2v) is 4.73. The molecule has 0 radical (unpaired) electrons. The van der Waals surface area contributed by atoms with E-state index >= 15 is 0 Å². The van der Waals surface area contributed by atoms with Crippen molar-refractivity contribution in [2.75, 3.05) is 26.8 Å². The third kappa shape index (κ3) is 6.55. The Kier molecular flexibility index (Phi) is 7.71. The number of hydrogen-bond acceptors (Lipinski definition) is 4. The summed E-state index contributed by atoms with van der Waals surface area (Å²) in [6.45, 7) is 3.15. The van der Waals surface area contributed by atoms with Gasteiger partial charge in [0.15, 0.2) is 6.10 Å². The van der Waals surface area contributed by atoms with E-state index in [0.717, 1.165) is 12.0 Å². The smallest absolute Gasteiger partial charge is 0.260 e. The van der Waals surface area contributed by atoms with Crippen LogP contribution in [0.5, 0.6) is 5.75 Å². The summed E-state index contributed by atoms with van der Waals surface area (Å²) in [5, 5.41) is 2.73. The SMILES string of the molecule is COCCCNC(=O)C(C)Oc1cc(F)cc(CCN)c1. The monoisotopic (exact) mass is 298 g/mol. The van der Waals surface area contributed by atoms with E-state index in [-0.39, 0.29) is 5.91 Å². The lowest BCUT2D eigenvalue weighted by molar-refractivity contribution is -0.127. The zero-order valence-electron chi connectivity index (χ0n) is 12.5. The predicted molar refractivity (Wildman–Crippen MR) is 78.8 cm³/mol. The number of carbonyl (C=O) groups excluding carboxylic acids is 1. The lowest BCUT2D eigenvalue weighted by Gasteiger charge is -2.15. The highest BCUT2D eigenvalue weighted by Gasteiger charge is 2.14. The molecule has 0 heterocycles. The first-order chi connectivity index (χ1) is 10.1. The minimum atomic E-state index is -0.694. The molecule has 0 aliphatic heterocycles. The Labute approximate surface area is 124 Å². The molecule has 1 aromatic rings. The van der Waals surface area contributed by atoms with Crippen LogP contribution in [0.15, 0.2) is 18.2 Å². The maximum atomic E-state index is 13.5. The third-order valence-corrected chi connectivity index (χ3v) is 2.87. The van der Waals surface area contributed by atoms with Crippen LogP contribution in [0, 0.1) is 5.82 Å². The molecule has 0 spiro atoms. The summed E-state index contributed by atoms with van der Waals surface area (Å²) < 4.78 is 23.8. The van der Waals surface area contributed by atoms with Crippen molar-refractivity contribution in [2.45, 2.75) is 25.9 Å². The average Bonchev–Trinajstić information content (AvgIpc) is 2.43. The summed E-state index contributed by atoms with van der Waals surface area (Å²) in [7, 11) is 1.61. The van der Waals surface area contributed by atoms with Crippen LogP contribution in [0.2, 0.25) is 0 Å². The first-order valence-corrected chi connectivity index (χ1v) is 6.99. The minimum absolute atomic E-state index is 0.240. The van der Waals surface area contributed by atoms with Gasteiger partial charge in [-0.1, -0.05) is 0 Å². The van der Waals surface area contributed by atoms with Crippen LogP contribution < -0.4 is 15.8 Å². The van der Waals surface area contributed by atoms with E-state index in [1.54, 1.807) is 20.1 Å². The number of nitrogens with two attached hydrogens (primary N) is 1. The lowest BCUT2D eigenvalue weighted by atomic mass is 10.1. The van der Waals surface area contributed by atoms with Gasteiger partial charge in [-0.05, 0) is 44.0 Å². The van der Waals surface area contributed by atoms with Crippen molar-refractivity contribution >= 4 is 5.91 Å². The van der Waals surface area contributed by atoms with E-state index in [2.05, 4.69) is 5.32 Å². The molecule has 0 bridgehead atoms. The van der Waals surface area contributed by atoms with E-state index in [0.29, 0.717) is 31.9 Å². The zero-order chi connectivity index (χ0) is 15.7. The highest BCUT2D eigenvalue weighted by Crippen LogP contribution is 2.18. The van der Waals surface area contributed by atoms with Crippen LogP contribution in [-0.4, -0.2) is 38.8 Å². The van der Waals surface area contributed by atoms with Crippen LogP contribution >= 0.6 is 0 Å². The second-order valence-electron chi connectivity index (χ2n) is 4.73. The Bertz CT molecular complexity index is 455. The molecule has 3 N–H and O–H groups in total. The van der Waals surface area contributed by atoms with Crippen LogP contribution in [0.25, 0.3) is 0 Å². The number of methoxy groups -OCH3 is 1. The van der Waals surface area contributed by atoms with Crippen LogP contribution in [0.1, 0.15) is 18.9 Å². The number of amides is 1. The molecule has 0 aliphatic rings. The van der Waals surface area contributed by atoms with Gasteiger partial charge in [0.1, 0.15) is 11.6 Å². The summed E-state index contributed by atoms with van der Waals surface area (Å²) in [5.74, 6) is -0.308. The van der Waals surface area contributed by atoms with Crippen molar-refractivity contribution in [3.8, 4) is 5.75 Å². The minimum Gasteiger partial charge on any atom is -0.481 e. The maximum absolute atomic E-state index is 13.5. The van der Waals surface area contributed by atoms with Crippen molar-refractivity contribution in [3.63, 3.8) is 0 Å². The van der Waals surface area contributed by atoms with Gasteiger partial charge in [0, 0.05) is 26.3 Å². The number of halogens is 1. The molecule has 118 valence electrons. The fourth-order valence-electron chi connectivity index (χ4n) is 1.83. The van der Waals surface area contributed by atoms with Crippen molar-refractivity contribution in [2.24, 2.45) is 5.73 Å². The lowest BCUT2D eigenvalue weighted by Crippen LogP contribution is -2.37. The fourth-order valence-corrected chi connectivity index (χ4v) is 1.83. The van der Waals surface area contributed by atoms with Gasteiger partial charge < -0.3 is 20.5 Å². The Morgan fingerprint density at radius 2 is 2.19 bits per heavy atom. The molecule has 0 saturated carbocycles. The third-order valence-electron chi connectivity index (χ3n) is 2.87. The van der Waals surface area contributed by atoms with Gasteiger partial charge in [-0.15, -0.1) is 0 Å². The first-order valence-electron chi connectivity index (χ1n) is 6.99. The summed E-state index contributed by atoms with van der Waals surface area (Å²) in [4.78, 5) is 11.8. The predicted octanol–water partition coefficient (Wildman–Crippen LogP) is 1.25. The number of carbonyl (C=O) groups is 1. The molecular formula is C15H23FN2O3. The largest absolute Gasteiger partial charge is 0.481 e. The van der Waals surface area contributed by atoms with Gasteiger partial charge in [0.25, 0.3) is 5.91 Å². The molecule has 6 heteroatoms. The number of hydrogen-bond donors (Lipinski definition) is 2. The van der Waals surface area contributed by atoms with E-state index in [1.807, 2.05) is 0 Å². The first kappa shape index (κ1) is 17.4. The fraction of sp³-hybridized carbons (Fsp3) is 0.533. The molecule has 1 rings (SSSR count). The zero-order valence-corrected chi connectivity index (χ0v) is 12.5. The summed E-state index contributed by atoms with van der Waals surface area (Å²) in [6, 6.07) is 4.37. The van der Waals surface area contributed by atoms with Crippen LogP contribution in [0.4, 0.5) is 4.39 Å². The van der Waals surface area contributed by atoms with Gasteiger partial charge in [-0.25, -0.2) is 4.39 Å². The van der Waals surface area contributed by atoms with Crippen molar-refractivity contribution < 1.29 is 18.7 Å². The molecule has 1 aromatic carbocycles. The van der Waals surface area contributed by atoms with Gasteiger partial charge in [0.2, 0.25) is 0 Å². The van der Waals surface area contributed by atoms with Crippen molar-refractivity contribution in [3.05, 3.63) is 29.6 Å².